The molecule has 0 unspecified atom stereocenters. The van der Waals surface area contributed by atoms with Gasteiger partial charge in [-0.1, -0.05) is 6.07 Å². The van der Waals surface area contributed by atoms with Crippen LogP contribution in [0, 0.1) is 18.3 Å². The van der Waals surface area contributed by atoms with Crippen LogP contribution in [0.15, 0.2) is 33.8 Å². The molecule has 1 N–H and O–H groups in total. The summed E-state index contributed by atoms with van der Waals surface area (Å²) in [5.41, 5.74) is 6.89. The first-order chi connectivity index (χ1) is 12.0. The lowest BCUT2D eigenvalue weighted by molar-refractivity contribution is 0.184. The lowest BCUT2D eigenvalue weighted by Crippen LogP contribution is -2.09. The van der Waals surface area contributed by atoms with Crippen LogP contribution in [-0.4, -0.2) is 32.4 Å². The minimum Gasteiger partial charge on any atom is -0.380 e. The van der Waals surface area contributed by atoms with E-state index in [1.54, 1.807) is 13.3 Å². The van der Waals surface area contributed by atoms with Crippen molar-refractivity contribution >= 4 is 33.6 Å². The Morgan fingerprint density at radius 3 is 2.76 bits per heavy atom. The molecule has 0 spiro atoms. The zero-order valence-corrected chi connectivity index (χ0v) is 16.3. The molecule has 0 saturated heterocycles. The number of ether oxygens (including phenoxy) is 1. The number of methoxy groups -OCH3 is 1. The van der Waals surface area contributed by atoms with Gasteiger partial charge in [0, 0.05) is 36.9 Å². The van der Waals surface area contributed by atoms with E-state index in [1.807, 2.05) is 50.2 Å². The minimum atomic E-state index is 0.351. The molecule has 0 aliphatic rings. The lowest BCUT2D eigenvalue weighted by atomic mass is 10.1. The number of nitrogens with zero attached hydrogens (tertiary/aromatic N) is 4. The second kappa shape index (κ2) is 8.60. The largest absolute Gasteiger partial charge is 0.380 e. The lowest BCUT2D eigenvalue weighted by Gasteiger charge is -2.14. The number of hydrogen-bond donors (Lipinski definition) is 1. The summed E-state index contributed by atoms with van der Waals surface area (Å²) in [6, 6.07) is 9.96. The Kier molecular flexibility index (Phi) is 6.51. The highest BCUT2D eigenvalue weighted by Crippen LogP contribution is 2.25. The van der Waals surface area contributed by atoms with Gasteiger partial charge in [0.2, 0.25) is 0 Å². The van der Waals surface area contributed by atoms with Gasteiger partial charge in [-0.3, -0.25) is 5.43 Å². The van der Waals surface area contributed by atoms with Crippen molar-refractivity contribution in [3.8, 4) is 6.07 Å². The Labute approximate surface area is 156 Å². The first-order valence-electron chi connectivity index (χ1n) is 7.61. The number of benzene rings is 1. The molecule has 1 aromatic heterocycles. The third kappa shape index (κ3) is 4.78. The van der Waals surface area contributed by atoms with Gasteiger partial charge in [0.1, 0.15) is 11.6 Å². The van der Waals surface area contributed by atoms with E-state index in [-0.39, 0.29) is 0 Å². The van der Waals surface area contributed by atoms with Gasteiger partial charge in [-0.05, 0) is 46.6 Å². The molecule has 7 heteroatoms. The smallest absolute Gasteiger partial charge is 0.164 e. The quantitative estimate of drug-likeness (QED) is 0.590. The number of halogens is 1. The van der Waals surface area contributed by atoms with Crippen molar-refractivity contribution in [2.75, 3.05) is 31.5 Å². The summed E-state index contributed by atoms with van der Waals surface area (Å²) in [6.45, 7) is 2.22. The maximum Gasteiger partial charge on any atom is 0.164 e. The monoisotopic (exact) mass is 401 g/mol. The summed E-state index contributed by atoms with van der Waals surface area (Å²) in [5.74, 6) is 0.426. The molecule has 0 bridgehead atoms. The molecule has 2 rings (SSSR count). The van der Waals surface area contributed by atoms with E-state index in [9.17, 15) is 5.26 Å². The first-order valence-corrected chi connectivity index (χ1v) is 8.41. The molecule has 0 radical (unpaired) electrons. The minimum absolute atomic E-state index is 0.351. The van der Waals surface area contributed by atoms with Crippen molar-refractivity contribution in [1.82, 2.24) is 4.98 Å². The van der Waals surface area contributed by atoms with Gasteiger partial charge in [0.05, 0.1) is 18.5 Å². The molecular weight excluding hydrogens is 382 g/mol. The molecule has 0 saturated carbocycles. The van der Waals surface area contributed by atoms with Gasteiger partial charge in [-0.2, -0.15) is 10.4 Å². The van der Waals surface area contributed by atoms with Crippen LogP contribution < -0.4 is 10.3 Å². The molecule has 2 aromatic rings. The van der Waals surface area contributed by atoms with Crippen molar-refractivity contribution in [3.05, 3.63) is 51.1 Å². The highest BCUT2D eigenvalue weighted by atomic mass is 79.9. The molecule has 0 aliphatic heterocycles. The standard InChI is InChI=1S/C18H20BrN5O/c1-12-7-14(11-25-4)15(9-20)18(22-12)23-21-10-13-5-6-17(24(2)3)16(19)8-13/h5-8,10H,11H2,1-4H3,(H,22,23)/b21-10+. The SMILES string of the molecule is COCc1cc(C)nc(N/N=C/c2ccc(N(C)C)c(Br)c2)c1C#N. The zero-order valence-electron chi connectivity index (χ0n) is 14.7. The Bertz CT molecular complexity index is 827. The fourth-order valence-electron chi connectivity index (χ4n) is 2.35. The highest BCUT2D eigenvalue weighted by molar-refractivity contribution is 9.10. The Balaban J connectivity index is 2.22. The van der Waals surface area contributed by atoms with Gasteiger partial charge >= 0.3 is 0 Å². The summed E-state index contributed by atoms with van der Waals surface area (Å²) in [6.07, 6.45) is 1.69. The van der Waals surface area contributed by atoms with E-state index in [0.29, 0.717) is 18.0 Å². The van der Waals surface area contributed by atoms with Gasteiger partial charge < -0.3 is 9.64 Å². The summed E-state index contributed by atoms with van der Waals surface area (Å²) in [5, 5.41) is 13.6. The fourth-order valence-corrected chi connectivity index (χ4v) is 3.10. The molecule has 130 valence electrons. The van der Waals surface area contributed by atoms with Crippen LogP contribution in [-0.2, 0) is 11.3 Å². The van der Waals surface area contributed by atoms with Crippen molar-refractivity contribution < 1.29 is 4.74 Å². The number of pyridine rings is 1. The van der Waals surface area contributed by atoms with E-state index >= 15 is 0 Å². The highest BCUT2D eigenvalue weighted by Gasteiger charge is 2.10. The number of hydrogen-bond acceptors (Lipinski definition) is 6. The number of hydrazone groups is 1. The van der Waals surface area contributed by atoms with Crippen LogP contribution in [0.5, 0.6) is 0 Å². The molecule has 1 aromatic carbocycles. The van der Waals surface area contributed by atoms with Crippen molar-refractivity contribution in [1.29, 1.82) is 5.26 Å². The molecule has 0 fully saturated rings. The number of nitrogens with one attached hydrogen (secondary N) is 1. The average Bonchev–Trinajstić information content (AvgIpc) is 2.54. The molecule has 1 heterocycles. The molecule has 0 amide bonds. The van der Waals surface area contributed by atoms with Crippen LogP contribution >= 0.6 is 15.9 Å². The Morgan fingerprint density at radius 2 is 2.16 bits per heavy atom. The van der Waals surface area contributed by atoms with Gasteiger partial charge in [0.15, 0.2) is 5.82 Å². The second-order valence-electron chi connectivity index (χ2n) is 5.67. The molecular formula is C18H20BrN5O. The molecule has 25 heavy (non-hydrogen) atoms. The van der Waals surface area contributed by atoms with E-state index in [1.165, 1.54) is 0 Å². The third-order valence-corrected chi connectivity index (χ3v) is 4.11. The fraction of sp³-hybridized carbons (Fsp3) is 0.278. The number of rotatable bonds is 6. The Morgan fingerprint density at radius 1 is 1.40 bits per heavy atom. The number of aromatic nitrogens is 1. The van der Waals surface area contributed by atoms with Crippen LogP contribution in [0.1, 0.15) is 22.4 Å². The maximum atomic E-state index is 9.40. The van der Waals surface area contributed by atoms with E-state index in [2.05, 4.69) is 37.5 Å². The molecule has 6 nitrogen and oxygen atoms in total. The van der Waals surface area contributed by atoms with Crippen LogP contribution in [0.2, 0.25) is 0 Å². The maximum absolute atomic E-state index is 9.40. The summed E-state index contributed by atoms with van der Waals surface area (Å²) in [4.78, 5) is 6.38. The van der Waals surface area contributed by atoms with Crippen molar-refractivity contribution in [2.24, 2.45) is 5.10 Å². The van der Waals surface area contributed by atoms with Gasteiger partial charge in [0.25, 0.3) is 0 Å². The first kappa shape index (κ1) is 18.9. The van der Waals surface area contributed by atoms with Gasteiger partial charge in [-0.15, -0.1) is 0 Å². The topological polar surface area (TPSA) is 73.5 Å². The van der Waals surface area contributed by atoms with E-state index in [4.69, 9.17) is 4.74 Å². The molecule has 0 aliphatic carbocycles. The number of nitriles is 1. The van der Waals surface area contributed by atoms with Crippen LogP contribution in [0.4, 0.5) is 11.5 Å². The Hall–Kier alpha value is -2.43. The number of anilines is 2. The predicted octanol–water partition coefficient (Wildman–Crippen LogP) is 3.68. The second-order valence-corrected chi connectivity index (χ2v) is 6.52. The summed E-state index contributed by atoms with van der Waals surface area (Å²) in [7, 11) is 5.57. The summed E-state index contributed by atoms with van der Waals surface area (Å²) < 4.78 is 6.13. The van der Waals surface area contributed by atoms with Crippen molar-refractivity contribution in [3.63, 3.8) is 0 Å². The van der Waals surface area contributed by atoms with Crippen LogP contribution in [0.25, 0.3) is 0 Å². The molecule has 0 atom stereocenters. The predicted molar refractivity (Wildman–Crippen MR) is 104 cm³/mol. The average molecular weight is 402 g/mol. The zero-order chi connectivity index (χ0) is 18.4. The van der Waals surface area contributed by atoms with Gasteiger partial charge in [-0.25, -0.2) is 4.98 Å². The number of aryl methyl sites for hydroxylation is 1. The third-order valence-electron chi connectivity index (χ3n) is 3.48. The summed E-state index contributed by atoms with van der Waals surface area (Å²) >= 11 is 3.55. The van der Waals surface area contributed by atoms with E-state index in [0.717, 1.165) is 27.0 Å². The normalized spacial score (nSPS) is 10.7. The van der Waals surface area contributed by atoms with Crippen LogP contribution in [0.3, 0.4) is 0 Å². The van der Waals surface area contributed by atoms with E-state index < -0.39 is 0 Å². The van der Waals surface area contributed by atoms with Crippen molar-refractivity contribution in [2.45, 2.75) is 13.5 Å².